The van der Waals surface area contributed by atoms with E-state index in [1.807, 2.05) is 91.2 Å². The Morgan fingerprint density at radius 2 is 1.52 bits per heavy atom. The molecule has 1 aromatic heterocycles. The van der Waals surface area contributed by atoms with Crippen molar-refractivity contribution in [3.05, 3.63) is 123 Å². The van der Waals surface area contributed by atoms with Crippen molar-refractivity contribution in [1.82, 2.24) is 9.99 Å². The second-order valence-electron chi connectivity index (χ2n) is 7.75. The van der Waals surface area contributed by atoms with Crippen LogP contribution in [-0.2, 0) is 4.79 Å². The van der Waals surface area contributed by atoms with Gasteiger partial charge in [0.2, 0.25) is 0 Å². The number of aryl methyl sites for hydroxylation is 1. The quantitative estimate of drug-likeness (QED) is 0.245. The van der Waals surface area contributed by atoms with Gasteiger partial charge in [0.1, 0.15) is 0 Å². The van der Waals surface area contributed by atoms with Crippen LogP contribution in [0.4, 0.5) is 0 Å². The van der Waals surface area contributed by atoms with Crippen LogP contribution in [0.3, 0.4) is 0 Å². The summed E-state index contributed by atoms with van der Waals surface area (Å²) in [6.07, 6.45) is 1.65. The van der Waals surface area contributed by atoms with Gasteiger partial charge >= 0.3 is 0 Å². The van der Waals surface area contributed by atoms with Crippen molar-refractivity contribution in [3.63, 3.8) is 0 Å². The molecule has 0 saturated carbocycles. The molecule has 0 bridgehead atoms. The molecule has 3 aromatic carbocycles. The third-order valence-corrected chi connectivity index (χ3v) is 6.08. The fourth-order valence-electron chi connectivity index (χ4n) is 3.96. The van der Waals surface area contributed by atoms with Crippen LogP contribution < -0.4 is 5.43 Å². The fraction of sp³-hybridized carbons (Fsp3) is 0.111. The Morgan fingerprint density at radius 1 is 0.909 bits per heavy atom. The van der Waals surface area contributed by atoms with Gasteiger partial charge in [-0.3, -0.25) is 4.79 Å². The van der Waals surface area contributed by atoms with Gasteiger partial charge in [-0.05, 0) is 49.2 Å². The van der Waals surface area contributed by atoms with E-state index in [1.165, 1.54) is 0 Å². The van der Waals surface area contributed by atoms with Crippen molar-refractivity contribution in [3.8, 4) is 5.69 Å². The van der Waals surface area contributed by atoms with Crippen LogP contribution in [0.15, 0.2) is 90.0 Å². The lowest BCUT2D eigenvalue weighted by Crippen LogP contribution is -2.26. The van der Waals surface area contributed by atoms with Gasteiger partial charge in [0.05, 0.1) is 22.8 Å². The van der Waals surface area contributed by atoms with E-state index in [0.29, 0.717) is 10.0 Å². The minimum atomic E-state index is -0.456. The van der Waals surface area contributed by atoms with Crippen LogP contribution in [0.2, 0.25) is 10.0 Å². The van der Waals surface area contributed by atoms with Crippen LogP contribution in [0.1, 0.15) is 34.0 Å². The number of carbonyl (C=O) groups excluding carboxylic acids is 1. The van der Waals surface area contributed by atoms with Crippen molar-refractivity contribution in [2.24, 2.45) is 5.10 Å². The maximum atomic E-state index is 13.1. The van der Waals surface area contributed by atoms with Crippen LogP contribution in [0, 0.1) is 13.8 Å². The van der Waals surface area contributed by atoms with Crippen molar-refractivity contribution >= 4 is 35.3 Å². The molecular formula is C27H23Cl2N3O. The molecule has 4 aromatic rings. The molecule has 33 heavy (non-hydrogen) atoms. The van der Waals surface area contributed by atoms with Gasteiger partial charge in [0, 0.05) is 22.0 Å². The van der Waals surface area contributed by atoms with Gasteiger partial charge in [0.25, 0.3) is 5.91 Å². The smallest absolute Gasteiger partial charge is 0.252 e. The summed E-state index contributed by atoms with van der Waals surface area (Å²) in [6, 6.07) is 26.7. The second-order valence-corrected chi connectivity index (χ2v) is 8.59. The van der Waals surface area contributed by atoms with E-state index in [9.17, 15) is 4.79 Å². The highest BCUT2D eigenvalue weighted by atomic mass is 35.5. The van der Waals surface area contributed by atoms with E-state index < -0.39 is 5.92 Å². The monoisotopic (exact) mass is 475 g/mol. The Labute approximate surface area is 203 Å². The molecule has 0 unspecified atom stereocenters. The molecule has 0 saturated heterocycles. The predicted octanol–water partition coefficient (Wildman–Crippen LogP) is 6.68. The molecule has 0 spiro atoms. The van der Waals surface area contributed by atoms with Crippen molar-refractivity contribution in [2.75, 3.05) is 0 Å². The van der Waals surface area contributed by atoms with Gasteiger partial charge < -0.3 is 4.57 Å². The first-order valence-corrected chi connectivity index (χ1v) is 11.3. The summed E-state index contributed by atoms with van der Waals surface area (Å²) in [5, 5.41) is 5.48. The highest BCUT2D eigenvalue weighted by molar-refractivity contribution is 6.34. The lowest BCUT2D eigenvalue weighted by molar-refractivity contribution is -0.121. The lowest BCUT2D eigenvalue weighted by Gasteiger charge is -2.16. The summed E-state index contributed by atoms with van der Waals surface area (Å²) in [5.41, 5.74) is 8.13. The van der Waals surface area contributed by atoms with E-state index in [4.69, 9.17) is 23.2 Å². The summed E-state index contributed by atoms with van der Waals surface area (Å²) in [6.45, 7) is 3.96. The number of halogens is 2. The number of aromatic nitrogens is 1. The van der Waals surface area contributed by atoms with Crippen molar-refractivity contribution in [1.29, 1.82) is 0 Å². The first kappa shape index (κ1) is 22.8. The first-order chi connectivity index (χ1) is 16.0. The minimum absolute atomic E-state index is 0.199. The van der Waals surface area contributed by atoms with Gasteiger partial charge in [-0.2, -0.15) is 5.10 Å². The normalized spacial score (nSPS) is 11.3. The molecule has 0 atom stereocenters. The number of hydrogen-bond donors (Lipinski definition) is 1. The zero-order chi connectivity index (χ0) is 23.4. The minimum Gasteiger partial charge on any atom is -0.316 e. The Bertz CT molecular complexity index is 1260. The molecule has 1 heterocycles. The largest absolute Gasteiger partial charge is 0.316 e. The number of benzene rings is 3. The van der Waals surface area contributed by atoms with E-state index >= 15 is 0 Å². The Morgan fingerprint density at radius 3 is 2.12 bits per heavy atom. The highest BCUT2D eigenvalue weighted by Crippen LogP contribution is 2.29. The third-order valence-electron chi connectivity index (χ3n) is 5.53. The molecule has 1 N–H and O–H groups in total. The van der Waals surface area contributed by atoms with Gasteiger partial charge in [-0.15, -0.1) is 0 Å². The number of carbonyl (C=O) groups is 1. The van der Waals surface area contributed by atoms with Gasteiger partial charge in [-0.1, -0.05) is 83.9 Å². The summed E-state index contributed by atoms with van der Waals surface area (Å²) < 4.78 is 2.02. The number of nitrogens with zero attached hydrogens (tertiary/aromatic N) is 2. The van der Waals surface area contributed by atoms with Gasteiger partial charge in [-0.25, -0.2) is 5.43 Å². The fourth-order valence-corrected chi connectivity index (χ4v) is 4.33. The van der Waals surface area contributed by atoms with E-state index in [-0.39, 0.29) is 5.91 Å². The molecule has 1 amide bonds. The van der Waals surface area contributed by atoms with Crippen LogP contribution in [-0.4, -0.2) is 16.7 Å². The molecule has 0 aliphatic carbocycles. The maximum absolute atomic E-state index is 13.1. The van der Waals surface area contributed by atoms with Crippen molar-refractivity contribution in [2.45, 2.75) is 19.8 Å². The molecule has 0 aliphatic heterocycles. The maximum Gasteiger partial charge on any atom is 0.252 e. The lowest BCUT2D eigenvalue weighted by atomic mass is 9.91. The SMILES string of the molecule is Cc1cc(/C=N\NC(=O)C(c2ccccc2)c2ccccc2)c(C)n1-c1cc(Cl)ccc1Cl. The average molecular weight is 476 g/mol. The summed E-state index contributed by atoms with van der Waals surface area (Å²) in [7, 11) is 0. The van der Waals surface area contributed by atoms with Crippen LogP contribution in [0.25, 0.3) is 5.69 Å². The number of rotatable bonds is 6. The molecule has 4 rings (SSSR count). The van der Waals surface area contributed by atoms with Gasteiger partial charge in [0.15, 0.2) is 0 Å². The first-order valence-electron chi connectivity index (χ1n) is 10.5. The molecular weight excluding hydrogens is 453 g/mol. The Kier molecular flexibility index (Phi) is 6.97. The van der Waals surface area contributed by atoms with E-state index in [0.717, 1.165) is 33.8 Å². The molecule has 0 radical (unpaired) electrons. The molecule has 166 valence electrons. The number of hydrogen-bond acceptors (Lipinski definition) is 2. The van der Waals surface area contributed by atoms with Crippen LogP contribution in [0.5, 0.6) is 0 Å². The number of amides is 1. The zero-order valence-corrected chi connectivity index (χ0v) is 19.8. The zero-order valence-electron chi connectivity index (χ0n) is 18.3. The summed E-state index contributed by atoms with van der Waals surface area (Å²) >= 11 is 12.6. The molecule has 4 nitrogen and oxygen atoms in total. The molecule has 0 fully saturated rings. The predicted molar refractivity (Wildman–Crippen MR) is 136 cm³/mol. The Hall–Kier alpha value is -3.34. The standard InChI is InChI=1S/C27H23Cl2N3O/c1-18-15-22(19(2)32(18)25-16-23(28)13-14-24(25)29)17-30-31-27(33)26(20-9-5-3-6-10-20)21-11-7-4-8-12-21/h3-17,26H,1-2H3,(H,31,33)/b30-17-. The molecule has 6 heteroatoms. The average Bonchev–Trinajstić information content (AvgIpc) is 3.10. The second kappa shape index (κ2) is 10.1. The molecule has 0 aliphatic rings. The topological polar surface area (TPSA) is 46.4 Å². The van der Waals surface area contributed by atoms with Crippen LogP contribution >= 0.6 is 23.2 Å². The van der Waals surface area contributed by atoms with Crippen molar-refractivity contribution < 1.29 is 4.79 Å². The Balaban J connectivity index is 1.59. The summed E-state index contributed by atoms with van der Waals surface area (Å²) in [5.74, 6) is -0.655. The van der Waals surface area contributed by atoms with E-state index in [2.05, 4.69) is 10.5 Å². The highest BCUT2D eigenvalue weighted by Gasteiger charge is 2.22. The third kappa shape index (κ3) is 5.03. The summed E-state index contributed by atoms with van der Waals surface area (Å²) in [4.78, 5) is 13.1. The number of hydrazone groups is 1. The van der Waals surface area contributed by atoms with E-state index in [1.54, 1.807) is 18.3 Å². The number of nitrogens with one attached hydrogen (secondary N) is 1.